The van der Waals surface area contributed by atoms with Crippen LogP contribution < -0.4 is 0 Å². The van der Waals surface area contributed by atoms with Gasteiger partial charge in [-0.1, -0.05) is 56.3 Å². The van der Waals surface area contributed by atoms with Crippen molar-refractivity contribution in [1.29, 1.82) is 0 Å². The summed E-state index contributed by atoms with van der Waals surface area (Å²) in [6.45, 7) is 6.46. The summed E-state index contributed by atoms with van der Waals surface area (Å²) in [5, 5.41) is 5.86. The molecule has 0 aliphatic heterocycles. The number of para-hydroxylation sites is 1. The highest BCUT2D eigenvalue weighted by molar-refractivity contribution is 5.87. The summed E-state index contributed by atoms with van der Waals surface area (Å²) in [7, 11) is 0. The van der Waals surface area contributed by atoms with Gasteiger partial charge < -0.3 is 0 Å². The lowest BCUT2D eigenvalue weighted by Gasteiger charge is -2.11. The highest BCUT2D eigenvalue weighted by Crippen LogP contribution is 2.28. The highest BCUT2D eigenvalue weighted by atomic mass is 15.3. The molecule has 0 atom stereocenters. The van der Waals surface area contributed by atoms with E-state index in [1.54, 1.807) is 0 Å². The number of nitrogens with zero attached hydrogens (tertiary/aromatic N) is 3. The first-order valence-corrected chi connectivity index (χ1v) is 8.64. The van der Waals surface area contributed by atoms with Gasteiger partial charge in [0, 0.05) is 17.1 Å². The zero-order valence-corrected chi connectivity index (χ0v) is 14.8. The average Bonchev–Trinajstić information content (AvgIpc) is 3.03. The first-order chi connectivity index (χ1) is 12.1. The number of rotatable bonds is 3. The summed E-state index contributed by atoms with van der Waals surface area (Å²) in [6.07, 6.45) is 1.83. The molecule has 3 heteroatoms. The lowest BCUT2D eigenvalue weighted by Crippen LogP contribution is -2.01. The van der Waals surface area contributed by atoms with E-state index >= 15 is 0 Å². The maximum absolute atomic E-state index is 4.74. The van der Waals surface area contributed by atoms with Crippen LogP contribution in [0.4, 0.5) is 0 Å². The maximum atomic E-state index is 4.74. The fourth-order valence-corrected chi connectivity index (χ4v) is 3.19. The van der Waals surface area contributed by atoms with Crippen LogP contribution in [0.15, 0.2) is 66.9 Å². The van der Waals surface area contributed by atoms with Crippen molar-refractivity contribution in [3.63, 3.8) is 0 Å². The van der Waals surface area contributed by atoms with Gasteiger partial charge in [0.05, 0.1) is 22.6 Å². The van der Waals surface area contributed by atoms with Crippen molar-refractivity contribution in [3.05, 3.63) is 78.1 Å². The van der Waals surface area contributed by atoms with Gasteiger partial charge in [0.25, 0.3) is 0 Å². The van der Waals surface area contributed by atoms with Crippen molar-refractivity contribution in [1.82, 2.24) is 14.8 Å². The van der Waals surface area contributed by atoms with Gasteiger partial charge in [0.1, 0.15) is 0 Å². The summed E-state index contributed by atoms with van der Waals surface area (Å²) in [5.74, 6) is 0.531. The molecule has 0 amide bonds. The monoisotopic (exact) mass is 327 g/mol. The maximum Gasteiger partial charge on any atom is 0.0959 e. The van der Waals surface area contributed by atoms with Crippen LogP contribution in [0.1, 0.15) is 31.0 Å². The molecule has 2 heterocycles. The third-order valence-corrected chi connectivity index (χ3v) is 4.54. The molecule has 0 N–H and O–H groups in total. The largest absolute Gasteiger partial charge is 0.254 e. The van der Waals surface area contributed by atoms with Crippen LogP contribution >= 0.6 is 0 Å². The number of hydrogen-bond donors (Lipinski definition) is 0. The molecular weight excluding hydrogens is 306 g/mol. The lowest BCUT2D eigenvalue weighted by atomic mass is 10.0. The normalized spacial score (nSPS) is 11.4. The van der Waals surface area contributed by atoms with Gasteiger partial charge in [-0.2, -0.15) is 5.10 Å². The quantitative estimate of drug-likeness (QED) is 0.496. The molecular formula is C22H21N3. The van der Waals surface area contributed by atoms with Gasteiger partial charge in [0.15, 0.2) is 0 Å². The van der Waals surface area contributed by atoms with Crippen LogP contribution in [0, 0.1) is 6.92 Å². The number of pyridine rings is 1. The highest BCUT2D eigenvalue weighted by Gasteiger charge is 2.13. The fraction of sp³-hybridized carbons (Fsp3) is 0.182. The van der Waals surface area contributed by atoms with E-state index in [9.17, 15) is 0 Å². The first kappa shape index (κ1) is 15.6. The predicted molar refractivity (Wildman–Crippen MR) is 103 cm³/mol. The third-order valence-electron chi connectivity index (χ3n) is 4.54. The topological polar surface area (TPSA) is 30.7 Å². The minimum atomic E-state index is 0.531. The minimum absolute atomic E-state index is 0.531. The average molecular weight is 327 g/mol. The smallest absolute Gasteiger partial charge is 0.0959 e. The molecule has 2 aromatic heterocycles. The van der Waals surface area contributed by atoms with Gasteiger partial charge in [-0.15, -0.1) is 0 Å². The van der Waals surface area contributed by atoms with Crippen molar-refractivity contribution >= 4 is 10.9 Å². The van der Waals surface area contributed by atoms with E-state index in [4.69, 9.17) is 5.10 Å². The van der Waals surface area contributed by atoms with Gasteiger partial charge in [-0.25, -0.2) is 4.68 Å². The van der Waals surface area contributed by atoms with Crippen LogP contribution in [-0.4, -0.2) is 14.8 Å². The Labute approximate surface area is 148 Å². The van der Waals surface area contributed by atoms with E-state index < -0.39 is 0 Å². The summed E-state index contributed by atoms with van der Waals surface area (Å²) < 4.78 is 2.01. The second kappa shape index (κ2) is 6.17. The van der Waals surface area contributed by atoms with Crippen molar-refractivity contribution in [2.75, 3.05) is 0 Å². The van der Waals surface area contributed by atoms with E-state index in [-0.39, 0.29) is 0 Å². The molecule has 0 fully saturated rings. The van der Waals surface area contributed by atoms with Crippen LogP contribution in [0.2, 0.25) is 0 Å². The standard InChI is InChI=1S/C22H21N3/c1-15(2)17-9-11-18(12-10-17)21-14-16(3)24-25(21)20-8-4-6-19-7-5-13-23-22(19)20/h4-15H,1-3H3. The van der Waals surface area contributed by atoms with Crippen LogP contribution in [0.25, 0.3) is 27.8 Å². The fourth-order valence-electron chi connectivity index (χ4n) is 3.19. The third kappa shape index (κ3) is 2.82. The van der Waals surface area contributed by atoms with Gasteiger partial charge in [-0.05, 0) is 36.6 Å². The number of fused-ring (bicyclic) bond motifs is 1. The molecule has 0 spiro atoms. The van der Waals surface area contributed by atoms with Gasteiger partial charge >= 0.3 is 0 Å². The van der Waals surface area contributed by atoms with E-state index in [0.29, 0.717) is 5.92 Å². The molecule has 0 aliphatic carbocycles. The lowest BCUT2D eigenvalue weighted by molar-refractivity contribution is 0.863. The molecule has 0 aliphatic rings. The Balaban J connectivity index is 1.89. The summed E-state index contributed by atoms with van der Waals surface area (Å²) in [4.78, 5) is 4.58. The zero-order chi connectivity index (χ0) is 17.4. The first-order valence-electron chi connectivity index (χ1n) is 8.64. The second-order valence-electron chi connectivity index (χ2n) is 6.71. The van der Waals surface area contributed by atoms with E-state index in [1.807, 2.05) is 23.9 Å². The van der Waals surface area contributed by atoms with E-state index in [1.165, 1.54) is 5.56 Å². The van der Waals surface area contributed by atoms with Crippen LogP contribution in [0.5, 0.6) is 0 Å². The SMILES string of the molecule is Cc1cc(-c2ccc(C(C)C)cc2)n(-c2cccc3cccnc23)n1. The van der Waals surface area contributed by atoms with E-state index in [2.05, 4.69) is 73.4 Å². The molecule has 0 saturated heterocycles. The number of hydrogen-bond acceptors (Lipinski definition) is 2. The molecule has 0 unspecified atom stereocenters. The van der Waals surface area contributed by atoms with Crippen LogP contribution in [-0.2, 0) is 0 Å². The predicted octanol–water partition coefficient (Wildman–Crippen LogP) is 5.52. The van der Waals surface area contributed by atoms with E-state index in [0.717, 1.165) is 33.5 Å². The summed E-state index contributed by atoms with van der Waals surface area (Å²) in [6, 6.07) is 21.2. The molecule has 0 radical (unpaired) electrons. The van der Waals surface area contributed by atoms with Crippen molar-refractivity contribution < 1.29 is 0 Å². The molecule has 25 heavy (non-hydrogen) atoms. The summed E-state index contributed by atoms with van der Waals surface area (Å²) >= 11 is 0. The number of benzene rings is 2. The van der Waals surface area contributed by atoms with Crippen molar-refractivity contribution in [3.8, 4) is 16.9 Å². The Morgan fingerprint density at radius 1 is 0.920 bits per heavy atom. The summed E-state index contributed by atoms with van der Waals surface area (Å²) in [5.41, 5.74) is 6.57. The van der Waals surface area contributed by atoms with Crippen LogP contribution in [0.3, 0.4) is 0 Å². The molecule has 0 saturated carbocycles. The minimum Gasteiger partial charge on any atom is -0.254 e. The molecule has 0 bridgehead atoms. The molecule has 4 rings (SSSR count). The zero-order valence-electron chi connectivity index (χ0n) is 14.8. The molecule has 2 aromatic carbocycles. The second-order valence-corrected chi connectivity index (χ2v) is 6.71. The Bertz CT molecular complexity index is 1020. The molecule has 4 aromatic rings. The Morgan fingerprint density at radius 3 is 2.44 bits per heavy atom. The number of aromatic nitrogens is 3. The van der Waals surface area contributed by atoms with Crippen molar-refractivity contribution in [2.45, 2.75) is 26.7 Å². The number of aryl methyl sites for hydroxylation is 1. The Morgan fingerprint density at radius 2 is 1.68 bits per heavy atom. The Hall–Kier alpha value is -2.94. The molecule has 124 valence electrons. The van der Waals surface area contributed by atoms with Gasteiger partial charge in [-0.3, -0.25) is 4.98 Å². The van der Waals surface area contributed by atoms with Crippen molar-refractivity contribution in [2.24, 2.45) is 0 Å². The van der Waals surface area contributed by atoms with Gasteiger partial charge in [0.2, 0.25) is 0 Å². The molecule has 3 nitrogen and oxygen atoms in total. The Kier molecular flexibility index (Phi) is 3.85.